The molecular weight excluding hydrogens is 254 g/mol. The molecule has 0 bridgehead atoms. The number of amides is 1. The van der Waals surface area contributed by atoms with Crippen LogP contribution in [0.4, 0.5) is 0 Å². The van der Waals surface area contributed by atoms with Crippen molar-refractivity contribution in [2.75, 3.05) is 13.2 Å². The molecule has 2 rings (SSSR count). The first-order chi connectivity index (χ1) is 9.63. The Labute approximate surface area is 120 Å². The number of carbonyl (C=O) groups is 1. The van der Waals surface area contributed by atoms with E-state index in [9.17, 15) is 9.90 Å². The number of aliphatic hydroxyl groups excluding tert-OH is 1. The van der Waals surface area contributed by atoms with Gasteiger partial charge in [-0.3, -0.25) is 4.79 Å². The second kappa shape index (κ2) is 7.29. The first-order valence-electron chi connectivity index (χ1n) is 7.27. The number of aryl methyl sites for hydroxylation is 1. The van der Waals surface area contributed by atoms with E-state index in [0.29, 0.717) is 18.2 Å². The molecule has 4 heteroatoms. The molecule has 20 heavy (non-hydrogen) atoms. The summed E-state index contributed by atoms with van der Waals surface area (Å²) in [4.78, 5) is 11.7. The summed E-state index contributed by atoms with van der Waals surface area (Å²) in [5.74, 6) is 0.992. The highest BCUT2D eigenvalue weighted by Crippen LogP contribution is 2.23. The van der Waals surface area contributed by atoms with Crippen molar-refractivity contribution in [2.24, 2.45) is 5.92 Å². The fourth-order valence-corrected chi connectivity index (χ4v) is 2.54. The molecule has 1 aromatic rings. The summed E-state index contributed by atoms with van der Waals surface area (Å²) >= 11 is 0. The van der Waals surface area contributed by atoms with Crippen LogP contribution < -0.4 is 10.1 Å². The smallest absolute Gasteiger partial charge is 0.257 e. The van der Waals surface area contributed by atoms with Crippen molar-refractivity contribution in [1.82, 2.24) is 5.32 Å². The minimum absolute atomic E-state index is 0.0400. The van der Waals surface area contributed by atoms with Gasteiger partial charge in [0.05, 0.1) is 6.10 Å². The third-order valence-corrected chi connectivity index (χ3v) is 3.73. The predicted octanol–water partition coefficient (Wildman–Crippen LogP) is 2.04. The van der Waals surface area contributed by atoms with Gasteiger partial charge in [0.25, 0.3) is 5.91 Å². The van der Waals surface area contributed by atoms with E-state index in [1.54, 1.807) is 0 Å². The summed E-state index contributed by atoms with van der Waals surface area (Å²) in [5.41, 5.74) is 1.16. The number of aliphatic hydroxyl groups is 1. The zero-order valence-electron chi connectivity index (χ0n) is 12.0. The average molecular weight is 277 g/mol. The lowest BCUT2D eigenvalue weighted by atomic mass is 9.87. The first-order valence-corrected chi connectivity index (χ1v) is 7.27. The molecule has 2 atom stereocenters. The van der Waals surface area contributed by atoms with E-state index in [0.717, 1.165) is 31.2 Å². The number of hydrogen-bond donors (Lipinski definition) is 2. The molecule has 1 aliphatic rings. The van der Waals surface area contributed by atoms with Crippen LogP contribution in [0.25, 0.3) is 0 Å². The molecule has 4 nitrogen and oxygen atoms in total. The van der Waals surface area contributed by atoms with Gasteiger partial charge < -0.3 is 15.2 Å². The largest absolute Gasteiger partial charge is 0.484 e. The fourth-order valence-electron chi connectivity index (χ4n) is 2.54. The average Bonchev–Trinajstić information content (AvgIpc) is 2.45. The SMILES string of the molecule is Cc1ccc(OCC(=O)NCC2CCCC(O)C2)cc1. The number of carbonyl (C=O) groups excluding carboxylic acids is 1. The third-order valence-electron chi connectivity index (χ3n) is 3.73. The van der Waals surface area contributed by atoms with Crippen molar-refractivity contribution in [3.05, 3.63) is 29.8 Å². The molecule has 1 saturated carbocycles. The Bertz CT molecular complexity index is 430. The molecule has 0 aliphatic heterocycles. The Morgan fingerprint density at radius 3 is 2.80 bits per heavy atom. The Hall–Kier alpha value is -1.55. The molecule has 0 aromatic heterocycles. The van der Waals surface area contributed by atoms with Crippen molar-refractivity contribution in [3.8, 4) is 5.75 Å². The molecule has 0 heterocycles. The highest BCUT2D eigenvalue weighted by atomic mass is 16.5. The van der Waals surface area contributed by atoms with E-state index in [1.165, 1.54) is 0 Å². The number of ether oxygens (including phenoxy) is 1. The van der Waals surface area contributed by atoms with Crippen LogP contribution in [0.3, 0.4) is 0 Å². The number of nitrogens with one attached hydrogen (secondary N) is 1. The van der Waals surface area contributed by atoms with Gasteiger partial charge in [-0.05, 0) is 44.2 Å². The highest BCUT2D eigenvalue weighted by molar-refractivity contribution is 5.77. The predicted molar refractivity (Wildman–Crippen MR) is 77.6 cm³/mol. The maximum absolute atomic E-state index is 11.7. The van der Waals surface area contributed by atoms with Crippen LogP contribution in [0.1, 0.15) is 31.2 Å². The Morgan fingerprint density at radius 1 is 1.35 bits per heavy atom. The summed E-state index contributed by atoms with van der Waals surface area (Å²) in [5, 5.41) is 12.5. The Kier molecular flexibility index (Phi) is 5.41. The molecule has 0 radical (unpaired) electrons. The van der Waals surface area contributed by atoms with E-state index in [2.05, 4.69) is 5.32 Å². The lowest BCUT2D eigenvalue weighted by Crippen LogP contribution is -2.35. The molecule has 2 N–H and O–H groups in total. The van der Waals surface area contributed by atoms with Crippen molar-refractivity contribution in [1.29, 1.82) is 0 Å². The van der Waals surface area contributed by atoms with Crippen LogP contribution in [-0.4, -0.2) is 30.3 Å². The standard InChI is InChI=1S/C16H23NO3/c1-12-5-7-15(8-6-12)20-11-16(19)17-10-13-3-2-4-14(18)9-13/h5-8,13-14,18H,2-4,9-11H2,1H3,(H,17,19). The highest BCUT2D eigenvalue weighted by Gasteiger charge is 2.20. The Morgan fingerprint density at radius 2 is 2.10 bits per heavy atom. The van der Waals surface area contributed by atoms with E-state index in [1.807, 2.05) is 31.2 Å². The van der Waals surface area contributed by atoms with Gasteiger partial charge in [-0.2, -0.15) is 0 Å². The van der Waals surface area contributed by atoms with Crippen LogP contribution in [0.5, 0.6) is 5.75 Å². The van der Waals surface area contributed by atoms with Gasteiger partial charge in [-0.1, -0.05) is 24.1 Å². The Balaban J connectivity index is 1.66. The van der Waals surface area contributed by atoms with E-state index < -0.39 is 0 Å². The van der Waals surface area contributed by atoms with Gasteiger partial charge in [0.1, 0.15) is 5.75 Å². The van der Waals surface area contributed by atoms with Gasteiger partial charge in [0.2, 0.25) is 0 Å². The molecular formula is C16H23NO3. The van der Waals surface area contributed by atoms with Crippen molar-refractivity contribution < 1.29 is 14.6 Å². The van der Waals surface area contributed by atoms with Gasteiger partial charge in [0.15, 0.2) is 6.61 Å². The molecule has 1 amide bonds. The van der Waals surface area contributed by atoms with Crippen molar-refractivity contribution >= 4 is 5.91 Å². The minimum atomic E-state index is -0.200. The fraction of sp³-hybridized carbons (Fsp3) is 0.562. The second-order valence-corrected chi connectivity index (χ2v) is 5.59. The van der Waals surface area contributed by atoms with Gasteiger partial charge in [0, 0.05) is 6.54 Å². The maximum atomic E-state index is 11.7. The van der Waals surface area contributed by atoms with Crippen molar-refractivity contribution in [2.45, 2.75) is 38.7 Å². The van der Waals surface area contributed by atoms with E-state index >= 15 is 0 Å². The zero-order valence-corrected chi connectivity index (χ0v) is 12.0. The monoisotopic (exact) mass is 277 g/mol. The second-order valence-electron chi connectivity index (χ2n) is 5.59. The van der Waals surface area contributed by atoms with Gasteiger partial charge >= 0.3 is 0 Å². The lowest BCUT2D eigenvalue weighted by Gasteiger charge is -2.25. The van der Waals surface area contributed by atoms with Crippen LogP contribution in [0.15, 0.2) is 24.3 Å². The summed E-state index contributed by atoms with van der Waals surface area (Å²) < 4.78 is 5.42. The van der Waals surface area contributed by atoms with Crippen LogP contribution >= 0.6 is 0 Å². The summed E-state index contributed by atoms with van der Waals surface area (Å²) in [6.45, 7) is 2.68. The summed E-state index contributed by atoms with van der Waals surface area (Å²) in [6.07, 6.45) is 3.60. The zero-order chi connectivity index (χ0) is 14.4. The topological polar surface area (TPSA) is 58.6 Å². The van der Waals surface area contributed by atoms with E-state index in [-0.39, 0.29) is 18.6 Å². The molecule has 0 spiro atoms. The van der Waals surface area contributed by atoms with E-state index in [4.69, 9.17) is 4.74 Å². The van der Waals surface area contributed by atoms with Crippen LogP contribution in [0, 0.1) is 12.8 Å². The molecule has 1 fully saturated rings. The van der Waals surface area contributed by atoms with Gasteiger partial charge in [-0.15, -0.1) is 0 Å². The van der Waals surface area contributed by atoms with Crippen molar-refractivity contribution in [3.63, 3.8) is 0 Å². The number of benzene rings is 1. The van der Waals surface area contributed by atoms with Crippen LogP contribution in [-0.2, 0) is 4.79 Å². The first kappa shape index (κ1) is 14.9. The lowest BCUT2D eigenvalue weighted by molar-refractivity contribution is -0.123. The number of rotatable bonds is 5. The molecule has 110 valence electrons. The summed E-state index contributed by atoms with van der Waals surface area (Å²) in [6, 6.07) is 7.63. The van der Waals surface area contributed by atoms with Gasteiger partial charge in [-0.25, -0.2) is 0 Å². The minimum Gasteiger partial charge on any atom is -0.484 e. The number of hydrogen-bond acceptors (Lipinski definition) is 3. The summed E-state index contributed by atoms with van der Waals surface area (Å²) in [7, 11) is 0. The van der Waals surface area contributed by atoms with Crippen LogP contribution in [0.2, 0.25) is 0 Å². The molecule has 1 aliphatic carbocycles. The normalized spacial score (nSPS) is 22.3. The molecule has 1 aromatic carbocycles. The third kappa shape index (κ3) is 4.85. The maximum Gasteiger partial charge on any atom is 0.257 e. The quantitative estimate of drug-likeness (QED) is 0.866. The molecule has 0 saturated heterocycles. The molecule has 2 unspecified atom stereocenters.